The average molecular weight is 1750 g/mol. The van der Waals surface area contributed by atoms with E-state index in [0.29, 0.717) is 11.3 Å². The third-order valence-electron chi connectivity index (χ3n) is 24.0. The summed E-state index contributed by atoms with van der Waals surface area (Å²) in [6.45, 7) is 25.8. The van der Waals surface area contributed by atoms with Gasteiger partial charge in [0.15, 0.2) is 0 Å². The molecule has 3 aliphatic heterocycles. The molecule has 0 spiro atoms. The van der Waals surface area contributed by atoms with Crippen LogP contribution in [0.5, 0.6) is 11.5 Å². The van der Waals surface area contributed by atoms with Crippen LogP contribution in [0.2, 0.25) is 0 Å². The van der Waals surface area contributed by atoms with E-state index in [2.05, 4.69) is 220 Å². The van der Waals surface area contributed by atoms with Crippen LogP contribution in [-0.4, -0.2) is 243 Å². The number of aliphatic carboxylic acids is 3. The molecule has 3 heterocycles. The van der Waals surface area contributed by atoms with Crippen LogP contribution in [0, 0.1) is 0 Å². The summed E-state index contributed by atoms with van der Waals surface area (Å²) in [6, 6.07) is 84.2. The molecule has 1 amide bonds. The van der Waals surface area contributed by atoms with E-state index in [1.54, 1.807) is 42.5 Å². The summed E-state index contributed by atoms with van der Waals surface area (Å²) in [5.74, 6) is -3.89. The average Bonchev–Trinajstić information content (AvgIpc) is 0.738. The maximum absolute atomic E-state index is 13.8. The predicted molar refractivity (Wildman–Crippen MR) is 529 cm³/mol. The number of rotatable bonds is 23. The summed E-state index contributed by atoms with van der Waals surface area (Å²) in [4.78, 5) is 70.8. The zero-order valence-corrected chi connectivity index (χ0v) is 74.6. The lowest BCUT2D eigenvalue weighted by molar-refractivity contribution is -0.137. The van der Waals surface area contributed by atoms with E-state index < -0.39 is 37.5 Å². The number of hydrogen-bond donors (Lipinski definition) is 12. The fraction of sp³-hybridized carbons (Fsp3) is 0.330. The van der Waals surface area contributed by atoms with Crippen molar-refractivity contribution in [1.82, 2.24) is 57.2 Å². The van der Waals surface area contributed by atoms with Crippen LogP contribution in [0.4, 0.5) is 17.1 Å². The Labute approximate surface area is 761 Å². The summed E-state index contributed by atoms with van der Waals surface area (Å²) < 4.78 is 12.0. The van der Waals surface area contributed by atoms with Gasteiger partial charge in [0.1, 0.15) is 50.1 Å². The van der Waals surface area contributed by atoms with Gasteiger partial charge in [-0.1, -0.05) is 201 Å². The third-order valence-corrected chi connectivity index (χ3v) is 24.0. The van der Waals surface area contributed by atoms with Gasteiger partial charge >= 0.3 is 17.9 Å². The van der Waals surface area contributed by atoms with Crippen LogP contribution in [0.25, 0.3) is 86.2 Å². The van der Waals surface area contributed by atoms with Crippen molar-refractivity contribution in [2.24, 2.45) is 0 Å². The molecule has 678 valence electrons. The Morgan fingerprint density at radius 2 is 0.754 bits per heavy atom. The van der Waals surface area contributed by atoms with Crippen LogP contribution in [0.3, 0.4) is 0 Å². The molecule has 0 aromatic heterocycles. The topological polar surface area (TPSA) is 289 Å². The Hall–Kier alpha value is -12.3. The molecule has 3 fully saturated rings. The molecule has 0 unspecified atom stereocenters. The van der Waals surface area contributed by atoms with E-state index in [-0.39, 0.29) is 54.3 Å². The lowest BCUT2D eigenvalue weighted by Crippen LogP contribution is -2.41. The highest BCUT2D eigenvalue weighted by molar-refractivity contribution is 6.27. The van der Waals surface area contributed by atoms with Crippen molar-refractivity contribution >= 4 is 133 Å². The number of nitrogens with zero attached hydrogens (tertiary/aromatic N) is 5. The van der Waals surface area contributed by atoms with Crippen LogP contribution < -0.4 is 67.1 Å². The molecule has 17 rings (SSSR count). The van der Waals surface area contributed by atoms with Crippen molar-refractivity contribution in [3.8, 4) is 11.5 Å². The van der Waals surface area contributed by atoms with Crippen molar-refractivity contribution in [3.05, 3.63) is 271 Å². The monoisotopic (exact) mass is 1750 g/mol. The SMILES string of the molecule is CC(=O)CN(CC(=O)O)c1ccc(NC(=O)c2ccc3ccc4cccc5ccc2c3c45)cc1OCCOc1ccccc1N(CC(=O)O)CC(=O)O.c1ccc2c(CN3CCNCCCCCNCC3)c3ccccc3cc2c1.c1ccc2c(c1)cc(CN1CCNCCNCCNCC1)c1ccccc12.c1ccc2cc(CN3CCNCCNCCNCC3)ccc2c1. The number of carbonyl (C=O) groups excluding carboxylic acids is 2. The first-order valence-electron chi connectivity index (χ1n) is 45.9. The molecular formula is C106H124N14O10. The van der Waals surface area contributed by atoms with E-state index in [1.165, 1.54) is 108 Å². The highest BCUT2D eigenvalue weighted by Gasteiger charge is 2.24. The van der Waals surface area contributed by atoms with Crippen molar-refractivity contribution in [2.45, 2.75) is 45.8 Å². The molecule has 130 heavy (non-hydrogen) atoms. The zero-order chi connectivity index (χ0) is 90.0. The first-order valence-corrected chi connectivity index (χ1v) is 45.9. The van der Waals surface area contributed by atoms with Gasteiger partial charge in [-0.05, 0) is 184 Å². The summed E-state index contributed by atoms with van der Waals surface area (Å²) >= 11 is 0. The van der Waals surface area contributed by atoms with Crippen molar-refractivity contribution in [2.75, 3.05) is 198 Å². The van der Waals surface area contributed by atoms with Gasteiger partial charge in [0.2, 0.25) is 0 Å². The fourth-order valence-electron chi connectivity index (χ4n) is 17.7. The molecule has 0 radical (unpaired) electrons. The molecular weight excluding hydrogens is 1630 g/mol. The Bertz CT molecular complexity index is 5920. The van der Waals surface area contributed by atoms with Gasteiger partial charge in [0.05, 0.1) is 17.9 Å². The van der Waals surface area contributed by atoms with E-state index in [0.717, 1.165) is 201 Å². The Kier molecular flexibility index (Phi) is 35.3. The van der Waals surface area contributed by atoms with Crippen molar-refractivity contribution < 1.29 is 48.8 Å². The Morgan fingerprint density at radius 1 is 0.331 bits per heavy atom. The maximum atomic E-state index is 13.8. The van der Waals surface area contributed by atoms with E-state index in [1.807, 2.05) is 42.5 Å². The second-order valence-electron chi connectivity index (χ2n) is 33.5. The van der Waals surface area contributed by atoms with Gasteiger partial charge in [-0.25, -0.2) is 0 Å². The van der Waals surface area contributed by atoms with Gasteiger partial charge in [-0.2, -0.15) is 0 Å². The van der Waals surface area contributed by atoms with Crippen molar-refractivity contribution in [3.63, 3.8) is 0 Å². The zero-order valence-electron chi connectivity index (χ0n) is 74.6. The Balaban J connectivity index is 0.000000150. The minimum Gasteiger partial charge on any atom is -0.488 e. The number of amides is 1. The number of carboxylic acids is 3. The van der Waals surface area contributed by atoms with Crippen LogP contribution in [0.15, 0.2) is 249 Å². The first kappa shape index (κ1) is 93.9. The molecule has 3 saturated heterocycles. The van der Waals surface area contributed by atoms with Crippen molar-refractivity contribution in [1.29, 1.82) is 0 Å². The number of anilines is 3. The number of ketones is 1. The van der Waals surface area contributed by atoms with Gasteiger partial charge in [0, 0.05) is 168 Å². The molecule has 3 aliphatic rings. The number of carboxylic acid groups (broad SMARTS) is 3. The largest absolute Gasteiger partial charge is 0.488 e. The van der Waals surface area contributed by atoms with Crippen LogP contribution in [0.1, 0.15) is 53.2 Å². The number of nitrogens with one attached hydrogen (secondary N) is 9. The Morgan fingerprint density at radius 3 is 1.32 bits per heavy atom. The van der Waals surface area contributed by atoms with Crippen LogP contribution in [-0.2, 0) is 38.8 Å². The highest BCUT2D eigenvalue weighted by atomic mass is 16.5. The number of Topliss-reactive ketones (excluding diaryl/α,β-unsaturated/α-hetero) is 1. The number of para-hydroxylation sites is 2. The molecule has 0 bridgehead atoms. The van der Waals surface area contributed by atoms with Gasteiger partial charge in [-0.15, -0.1) is 0 Å². The summed E-state index contributed by atoms with van der Waals surface area (Å²) in [6.07, 6.45) is 3.90. The second kappa shape index (κ2) is 48.9. The molecule has 0 aliphatic carbocycles. The molecule has 14 aromatic carbocycles. The van der Waals surface area contributed by atoms with E-state index in [9.17, 15) is 39.3 Å². The van der Waals surface area contributed by atoms with Crippen LogP contribution >= 0.6 is 0 Å². The molecule has 24 heteroatoms. The number of ether oxygens (including phenoxy) is 2. The number of benzene rings is 14. The predicted octanol–water partition coefficient (Wildman–Crippen LogP) is 13.9. The fourth-order valence-corrected chi connectivity index (χ4v) is 17.7. The van der Waals surface area contributed by atoms with Gasteiger partial charge in [-0.3, -0.25) is 38.7 Å². The first-order chi connectivity index (χ1) is 63.7. The molecule has 24 nitrogen and oxygen atoms in total. The molecule has 0 atom stereocenters. The summed E-state index contributed by atoms with van der Waals surface area (Å²) in [7, 11) is 0. The van der Waals surface area contributed by atoms with E-state index >= 15 is 0 Å². The van der Waals surface area contributed by atoms with Gasteiger partial charge in [0.25, 0.3) is 5.91 Å². The highest BCUT2D eigenvalue weighted by Crippen LogP contribution is 2.39. The number of carbonyl (C=O) groups is 5. The quantitative estimate of drug-likeness (QED) is 0.0161. The molecule has 12 N–H and O–H groups in total. The lowest BCUT2D eigenvalue weighted by Gasteiger charge is -2.25. The number of hydrogen-bond acceptors (Lipinski definition) is 20. The third kappa shape index (κ3) is 27.0. The van der Waals surface area contributed by atoms with E-state index in [4.69, 9.17) is 9.47 Å². The molecule has 14 aromatic rings. The second-order valence-corrected chi connectivity index (χ2v) is 33.5. The maximum Gasteiger partial charge on any atom is 0.323 e. The minimum absolute atomic E-state index is 0.0879. The minimum atomic E-state index is -1.22. The standard InChI is InChI=1S/C40H35N3O10.C24H31N3.C23H30N4.C19H28N4/c1-24(44)20-42(21-35(45)46)32-16-13-28(19-34(32)53-18-17-52-33-8-3-2-7-31(33)43(22-36(47)48)23-37(49)50)41-40(51)30-15-12-27-10-9-25-5-4-6-26-11-14-29(30)39(27)38(25)26;1-6-12-25-14-16-27(17-15-26-13-7-1)19-24-22-10-4-2-8-20(22)18-21-9-3-5-11-23(21)24;1-2-6-21-19(5-1)17-20(22-7-3-4-8-23(21)22)18-27-15-13-25-11-9-24-10-12-26-14-16-27;1-2-4-19-15-17(5-6-18(19)3-1)16-23-13-11-21-9-7-20-8-10-22-12-14-23/h2-16,19H,17-18,20-23H2,1H3,(H,41,51)(H,45,46)(H,47,48)(H,49,50);2-5,8-11,18,25-26H,1,6-7,12-17,19H2;1-8,17,24-26H,9-16,18H2;1-6,15,20-22H,7-14,16H2. The smallest absolute Gasteiger partial charge is 0.323 e. The number of fused-ring (bicyclic) bond motifs is 6. The lowest BCUT2D eigenvalue weighted by atomic mass is 9.92. The summed E-state index contributed by atoms with van der Waals surface area (Å²) in [5, 5.41) is 79.1. The molecule has 0 saturated carbocycles. The van der Waals surface area contributed by atoms with Gasteiger partial charge < -0.3 is 82.4 Å². The normalized spacial score (nSPS) is 15.5. The summed E-state index contributed by atoms with van der Waals surface area (Å²) in [5.41, 5.74) is 5.65.